The summed E-state index contributed by atoms with van der Waals surface area (Å²) in [5.74, 6) is 0.224. The summed E-state index contributed by atoms with van der Waals surface area (Å²) in [7, 11) is 0. The van der Waals surface area contributed by atoms with Gasteiger partial charge in [0.2, 0.25) is 0 Å². The minimum absolute atomic E-state index is 0.142. The van der Waals surface area contributed by atoms with Crippen molar-refractivity contribution in [2.24, 2.45) is 0 Å². The van der Waals surface area contributed by atoms with Gasteiger partial charge >= 0.3 is 6.01 Å². The second-order valence-electron chi connectivity index (χ2n) is 9.79. The highest BCUT2D eigenvalue weighted by Crippen LogP contribution is 2.37. The Labute approximate surface area is 189 Å². The fourth-order valence-electron chi connectivity index (χ4n) is 4.10. The smallest absolute Gasteiger partial charge is 0.316 e. The van der Waals surface area contributed by atoms with Gasteiger partial charge < -0.3 is 20.2 Å². The zero-order valence-electron chi connectivity index (χ0n) is 19.0. The standard InChI is InChI=1S/C23H28F3N5O2/c1-12-5-17(20-30-31-21(33-20)28-14-8-23(32,9-14)11-24)29-19-15(12)6-13(27-10-18(25)26)7-16(19)22(2,3)4/h5-7,14,18,27,32H,8-11H2,1-4H3,(H,28,31)/t14-,23+. The minimum Gasteiger partial charge on any atom is -0.402 e. The Morgan fingerprint density at radius 1 is 1.21 bits per heavy atom. The van der Waals surface area contributed by atoms with E-state index in [0.29, 0.717) is 11.4 Å². The van der Waals surface area contributed by atoms with Gasteiger partial charge in [-0.3, -0.25) is 0 Å². The SMILES string of the molecule is Cc1cc(-c2nnc(N[C@H]3C[C@](O)(CF)C3)o2)nc2c(C(C)(C)C)cc(NCC(F)F)cc12. The maximum atomic E-state index is 12.8. The van der Waals surface area contributed by atoms with Crippen LogP contribution in [0, 0.1) is 6.92 Å². The predicted molar refractivity (Wildman–Crippen MR) is 121 cm³/mol. The second kappa shape index (κ2) is 8.48. The van der Waals surface area contributed by atoms with Crippen molar-refractivity contribution in [3.8, 4) is 11.6 Å². The largest absolute Gasteiger partial charge is 0.402 e. The van der Waals surface area contributed by atoms with Crippen molar-refractivity contribution in [3.63, 3.8) is 0 Å². The fraction of sp³-hybridized carbons (Fsp3) is 0.522. The molecule has 2 aromatic heterocycles. The lowest BCUT2D eigenvalue weighted by molar-refractivity contribution is -0.0592. The van der Waals surface area contributed by atoms with E-state index in [1.807, 2.05) is 45.9 Å². The van der Waals surface area contributed by atoms with E-state index < -0.39 is 25.2 Å². The van der Waals surface area contributed by atoms with Gasteiger partial charge in [0.25, 0.3) is 12.3 Å². The van der Waals surface area contributed by atoms with Crippen LogP contribution in [0.1, 0.15) is 44.7 Å². The quantitative estimate of drug-likeness (QED) is 0.461. The lowest BCUT2D eigenvalue weighted by Gasteiger charge is -2.41. The molecule has 0 spiro atoms. The molecule has 0 radical (unpaired) electrons. The molecule has 1 aromatic carbocycles. The Bertz CT molecular complexity index is 1150. The number of halogens is 3. The number of fused-ring (bicyclic) bond motifs is 1. The maximum Gasteiger partial charge on any atom is 0.316 e. The minimum atomic E-state index is -2.45. The second-order valence-corrected chi connectivity index (χ2v) is 9.79. The number of rotatable bonds is 7. The van der Waals surface area contributed by atoms with Crippen LogP contribution in [0.15, 0.2) is 22.6 Å². The van der Waals surface area contributed by atoms with Crippen molar-refractivity contribution in [2.75, 3.05) is 23.9 Å². The number of hydrogen-bond donors (Lipinski definition) is 3. The molecule has 3 aromatic rings. The predicted octanol–water partition coefficient (Wildman–Crippen LogP) is 4.84. The Balaban J connectivity index is 1.66. The molecule has 33 heavy (non-hydrogen) atoms. The van der Waals surface area contributed by atoms with E-state index in [-0.39, 0.29) is 36.2 Å². The van der Waals surface area contributed by atoms with Gasteiger partial charge in [-0.25, -0.2) is 18.2 Å². The third kappa shape index (κ3) is 4.90. The first-order valence-electron chi connectivity index (χ1n) is 10.8. The number of benzene rings is 1. The van der Waals surface area contributed by atoms with Crippen molar-refractivity contribution >= 4 is 22.6 Å². The number of aromatic nitrogens is 3. The molecule has 0 bridgehead atoms. The molecule has 1 saturated carbocycles. The van der Waals surface area contributed by atoms with Crippen molar-refractivity contribution in [1.82, 2.24) is 15.2 Å². The van der Waals surface area contributed by atoms with Crippen LogP contribution < -0.4 is 10.6 Å². The highest BCUT2D eigenvalue weighted by molar-refractivity contribution is 5.90. The fourth-order valence-corrected chi connectivity index (χ4v) is 4.10. The van der Waals surface area contributed by atoms with Crippen LogP contribution >= 0.6 is 0 Å². The number of aliphatic hydroxyl groups is 1. The number of anilines is 2. The molecule has 4 rings (SSSR count). The number of alkyl halides is 3. The average molecular weight is 464 g/mol. The van der Waals surface area contributed by atoms with Crippen molar-refractivity contribution in [1.29, 1.82) is 0 Å². The highest BCUT2D eigenvalue weighted by Gasteiger charge is 2.43. The van der Waals surface area contributed by atoms with E-state index in [2.05, 4.69) is 20.8 Å². The number of aryl methyl sites for hydroxylation is 1. The van der Waals surface area contributed by atoms with Gasteiger partial charge in [-0.2, -0.15) is 0 Å². The Morgan fingerprint density at radius 3 is 2.58 bits per heavy atom. The normalized spacial score (nSPS) is 20.8. The summed E-state index contributed by atoms with van der Waals surface area (Å²) in [6.07, 6.45) is -1.91. The first-order chi connectivity index (χ1) is 15.5. The molecule has 0 aliphatic heterocycles. The van der Waals surface area contributed by atoms with Gasteiger partial charge in [0, 0.05) is 17.1 Å². The third-order valence-corrected chi connectivity index (χ3v) is 5.86. The number of pyridine rings is 1. The van der Waals surface area contributed by atoms with Gasteiger partial charge in [-0.05, 0) is 54.5 Å². The van der Waals surface area contributed by atoms with E-state index in [1.54, 1.807) is 0 Å². The average Bonchev–Trinajstić information content (AvgIpc) is 3.18. The molecule has 10 heteroatoms. The molecule has 178 valence electrons. The van der Waals surface area contributed by atoms with Crippen molar-refractivity contribution in [3.05, 3.63) is 29.3 Å². The van der Waals surface area contributed by atoms with E-state index in [0.717, 1.165) is 22.0 Å². The first kappa shape index (κ1) is 23.3. The molecule has 7 nitrogen and oxygen atoms in total. The number of nitrogens with one attached hydrogen (secondary N) is 2. The van der Waals surface area contributed by atoms with Crippen LogP contribution in [-0.4, -0.2) is 51.6 Å². The van der Waals surface area contributed by atoms with E-state index in [1.165, 1.54) is 0 Å². The molecular weight excluding hydrogens is 435 g/mol. The zero-order chi connectivity index (χ0) is 24.0. The van der Waals surface area contributed by atoms with Crippen LogP contribution in [0.5, 0.6) is 0 Å². The summed E-state index contributed by atoms with van der Waals surface area (Å²) < 4.78 is 43.9. The molecule has 3 N–H and O–H groups in total. The summed E-state index contributed by atoms with van der Waals surface area (Å²) in [6, 6.07) is 5.52. The topological polar surface area (TPSA) is 96.1 Å². The summed E-state index contributed by atoms with van der Waals surface area (Å²) >= 11 is 0. The van der Waals surface area contributed by atoms with Crippen LogP contribution in [0.3, 0.4) is 0 Å². The van der Waals surface area contributed by atoms with Crippen LogP contribution in [-0.2, 0) is 5.41 Å². The number of nitrogens with zero attached hydrogens (tertiary/aromatic N) is 3. The Morgan fingerprint density at radius 2 is 1.94 bits per heavy atom. The molecule has 2 heterocycles. The van der Waals surface area contributed by atoms with Gasteiger partial charge in [0.15, 0.2) is 0 Å². The van der Waals surface area contributed by atoms with Crippen LogP contribution in [0.4, 0.5) is 24.9 Å². The summed E-state index contributed by atoms with van der Waals surface area (Å²) in [6.45, 7) is 6.81. The van der Waals surface area contributed by atoms with Gasteiger partial charge in [0.1, 0.15) is 12.4 Å². The van der Waals surface area contributed by atoms with Gasteiger partial charge in [0.05, 0.1) is 17.7 Å². The summed E-state index contributed by atoms with van der Waals surface area (Å²) in [5.41, 5.74) is 2.07. The Hall–Kier alpha value is -2.88. The summed E-state index contributed by atoms with van der Waals surface area (Å²) in [4.78, 5) is 4.78. The van der Waals surface area contributed by atoms with E-state index in [9.17, 15) is 18.3 Å². The lowest BCUT2D eigenvalue weighted by Crippen LogP contribution is -2.52. The molecule has 1 fully saturated rings. The maximum absolute atomic E-state index is 12.8. The van der Waals surface area contributed by atoms with Crippen molar-refractivity contribution in [2.45, 2.75) is 64.0 Å². The zero-order valence-corrected chi connectivity index (χ0v) is 19.0. The monoisotopic (exact) mass is 463 g/mol. The van der Waals surface area contributed by atoms with Crippen LogP contribution in [0.2, 0.25) is 0 Å². The molecule has 0 saturated heterocycles. The number of hydrogen-bond acceptors (Lipinski definition) is 7. The van der Waals surface area contributed by atoms with Gasteiger partial charge in [-0.15, -0.1) is 5.10 Å². The molecule has 1 aliphatic carbocycles. The molecule has 1 aliphatic rings. The lowest BCUT2D eigenvalue weighted by atomic mass is 9.77. The van der Waals surface area contributed by atoms with Crippen molar-refractivity contribution < 1.29 is 22.7 Å². The summed E-state index contributed by atoms with van der Waals surface area (Å²) in [5, 5.41) is 24.6. The third-order valence-electron chi connectivity index (χ3n) is 5.86. The Kier molecular flexibility index (Phi) is 5.98. The molecule has 0 amide bonds. The van der Waals surface area contributed by atoms with E-state index in [4.69, 9.17) is 9.40 Å². The van der Waals surface area contributed by atoms with Gasteiger partial charge in [-0.1, -0.05) is 25.9 Å². The highest BCUT2D eigenvalue weighted by atomic mass is 19.3. The first-order valence-corrected chi connectivity index (χ1v) is 10.8. The molecule has 0 atom stereocenters. The molecule has 0 unspecified atom stereocenters. The van der Waals surface area contributed by atoms with E-state index >= 15 is 0 Å². The molecular formula is C23H28F3N5O2. The van der Waals surface area contributed by atoms with Crippen LogP contribution in [0.25, 0.3) is 22.5 Å².